The molecule has 0 aliphatic rings. The van der Waals surface area contributed by atoms with Crippen LogP contribution >= 0.6 is 0 Å². The van der Waals surface area contributed by atoms with Crippen LogP contribution < -0.4 is 10.2 Å². The molecule has 186 valence electrons. The number of nitrogens with one attached hydrogen (secondary N) is 1. The zero-order chi connectivity index (χ0) is 26.1. The highest BCUT2D eigenvalue weighted by Crippen LogP contribution is 2.29. The first-order valence-corrected chi connectivity index (χ1v) is 10.5. The Labute approximate surface area is 196 Å². The smallest absolute Gasteiger partial charge is 0.478 e. The van der Waals surface area contributed by atoms with Gasteiger partial charge in [0.05, 0.1) is 16.9 Å². The minimum absolute atomic E-state index is 0.149. The number of anilines is 2. The van der Waals surface area contributed by atoms with E-state index in [0.717, 1.165) is 18.8 Å². The lowest BCUT2D eigenvalue weighted by Crippen LogP contribution is -2.32. The fourth-order valence-electron chi connectivity index (χ4n) is 2.98. The minimum atomic E-state index is -5.08. The molecular formula is C24H29F3N2O5. The average Bonchev–Trinajstić information content (AvgIpc) is 2.73. The van der Waals surface area contributed by atoms with Crippen LogP contribution in [0.1, 0.15) is 48.4 Å². The van der Waals surface area contributed by atoms with Crippen LogP contribution in [0.25, 0.3) is 0 Å². The van der Waals surface area contributed by atoms with E-state index in [9.17, 15) is 27.9 Å². The van der Waals surface area contributed by atoms with Gasteiger partial charge in [0.25, 0.3) is 5.91 Å². The largest absolute Gasteiger partial charge is 0.490 e. The molecule has 34 heavy (non-hydrogen) atoms. The van der Waals surface area contributed by atoms with Crippen molar-refractivity contribution in [2.75, 3.05) is 23.3 Å². The number of hydrogen-bond donors (Lipinski definition) is 3. The molecule has 0 radical (unpaired) electrons. The van der Waals surface area contributed by atoms with Gasteiger partial charge in [-0.1, -0.05) is 45.9 Å². The Morgan fingerprint density at radius 3 is 1.79 bits per heavy atom. The number of benzene rings is 2. The highest BCUT2D eigenvalue weighted by Gasteiger charge is 2.38. The second kappa shape index (κ2) is 12.6. The van der Waals surface area contributed by atoms with E-state index in [1.165, 1.54) is 6.07 Å². The predicted octanol–water partition coefficient (Wildman–Crippen LogP) is 5.39. The Kier molecular flexibility index (Phi) is 10.6. The third kappa shape index (κ3) is 9.51. The van der Waals surface area contributed by atoms with E-state index in [-0.39, 0.29) is 11.5 Å². The number of nitrogens with zero attached hydrogens (tertiary/aromatic N) is 1. The van der Waals surface area contributed by atoms with Gasteiger partial charge >= 0.3 is 18.1 Å². The summed E-state index contributed by atoms with van der Waals surface area (Å²) in [6.07, 6.45) is -5.08. The van der Waals surface area contributed by atoms with Crippen molar-refractivity contribution >= 4 is 29.2 Å². The molecule has 0 spiro atoms. The summed E-state index contributed by atoms with van der Waals surface area (Å²) in [4.78, 5) is 35.2. The average molecular weight is 482 g/mol. The number of carboxylic acid groups (broad SMARTS) is 2. The molecule has 0 aromatic heterocycles. The van der Waals surface area contributed by atoms with Crippen LogP contribution in [0.4, 0.5) is 24.5 Å². The maximum atomic E-state index is 12.6. The van der Waals surface area contributed by atoms with Gasteiger partial charge in [-0.2, -0.15) is 13.2 Å². The van der Waals surface area contributed by atoms with E-state index in [0.29, 0.717) is 23.1 Å². The second-order valence-electron chi connectivity index (χ2n) is 8.35. The van der Waals surface area contributed by atoms with Gasteiger partial charge in [-0.15, -0.1) is 0 Å². The molecular weight excluding hydrogens is 453 g/mol. The fraction of sp³-hybridized carbons (Fsp3) is 0.375. The van der Waals surface area contributed by atoms with Crippen molar-refractivity contribution in [1.29, 1.82) is 0 Å². The molecule has 7 nitrogen and oxygen atoms in total. The lowest BCUT2D eigenvalue weighted by atomic mass is 10.1. The summed E-state index contributed by atoms with van der Waals surface area (Å²) in [5, 5.41) is 19.4. The van der Waals surface area contributed by atoms with Gasteiger partial charge in [-0.3, -0.25) is 4.79 Å². The monoisotopic (exact) mass is 482 g/mol. The SMILES string of the molecule is CC(C)CN(CC(C)C)c1ccc(C(=O)O)cc1NC(=O)c1ccccc1.O=C(O)C(F)(F)F. The van der Waals surface area contributed by atoms with E-state index in [1.807, 2.05) is 6.07 Å². The quantitative estimate of drug-likeness (QED) is 0.466. The second-order valence-corrected chi connectivity index (χ2v) is 8.35. The summed E-state index contributed by atoms with van der Waals surface area (Å²) in [7, 11) is 0. The van der Waals surface area contributed by atoms with Crippen LogP contribution in [-0.4, -0.2) is 47.3 Å². The van der Waals surface area contributed by atoms with Crippen molar-refractivity contribution in [1.82, 2.24) is 0 Å². The molecule has 0 aliphatic heterocycles. The third-order valence-corrected chi connectivity index (χ3v) is 4.28. The number of amides is 1. The molecule has 0 saturated carbocycles. The van der Waals surface area contributed by atoms with Gasteiger partial charge in [0.1, 0.15) is 0 Å². The van der Waals surface area contributed by atoms with Gasteiger partial charge in [-0.05, 0) is 42.2 Å². The lowest BCUT2D eigenvalue weighted by Gasteiger charge is -2.30. The Morgan fingerprint density at radius 2 is 1.38 bits per heavy atom. The third-order valence-electron chi connectivity index (χ3n) is 4.28. The van der Waals surface area contributed by atoms with Gasteiger partial charge in [0, 0.05) is 18.7 Å². The van der Waals surface area contributed by atoms with E-state index >= 15 is 0 Å². The van der Waals surface area contributed by atoms with E-state index < -0.39 is 18.1 Å². The number of aliphatic carboxylic acids is 1. The minimum Gasteiger partial charge on any atom is -0.478 e. The van der Waals surface area contributed by atoms with Gasteiger partial charge in [0.15, 0.2) is 0 Å². The molecule has 1 amide bonds. The van der Waals surface area contributed by atoms with Crippen molar-refractivity contribution in [3.63, 3.8) is 0 Å². The first-order chi connectivity index (χ1) is 15.7. The molecule has 0 fully saturated rings. The number of hydrogen-bond acceptors (Lipinski definition) is 4. The Morgan fingerprint density at radius 1 is 0.882 bits per heavy atom. The molecule has 0 unspecified atom stereocenters. The Bertz CT molecular complexity index is 966. The highest BCUT2D eigenvalue weighted by molar-refractivity contribution is 6.06. The molecule has 0 saturated heterocycles. The number of halogens is 3. The summed E-state index contributed by atoms with van der Waals surface area (Å²) < 4.78 is 31.7. The van der Waals surface area contributed by atoms with Crippen molar-refractivity contribution in [2.45, 2.75) is 33.9 Å². The summed E-state index contributed by atoms with van der Waals surface area (Å²) in [5.41, 5.74) is 2.04. The maximum absolute atomic E-state index is 12.6. The van der Waals surface area contributed by atoms with E-state index in [1.54, 1.807) is 36.4 Å². The van der Waals surface area contributed by atoms with E-state index in [4.69, 9.17) is 9.90 Å². The fourth-order valence-corrected chi connectivity index (χ4v) is 2.98. The summed E-state index contributed by atoms with van der Waals surface area (Å²) in [6.45, 7) is 10.2. The molecule has 2 aromatic carbocycles. The standard InChI is InChI=1S/C22H28N2O3.C2HF3O2/c1-15(2)13-24(14-16(3)4)20-11-10-18(22(26)27)12-19(20)23-21(25)17-8-6-5-7-9-17;3-2(4,5)1(6)7/h5-12,15-16H,13-14H2,1-4H3,(H,23,25)(H,26,27);(H,6,7). The zero-order valence-corrected chi connectivity index (χ0v) is 19.4. The predicted molar refractivity (Wildman–Crippen MR) is 123 cm³/mol. The first kappa shape index (κ1) is 28.5. The van der Waals surface area contributed by atoms with E-state index in [2.05, 4.69) is 37.9 Å². The maximum Gasteiger partial charge on any atom is 0.490 e. The van der Waals surface area contributed by atoms with Crippen LogP contribution in [0.5, 0.6) is 0 Å². The summed E-state index contributed by atoms with van der Waals surface area (Å²) >= 11 is 0. The summed E-state index contributed by atoms with van der Waals surface area (Å²) in [6, 6.07) is 13.8. The van der Waals surface area contributed by atoms with Gasteiger partial charge in [-0.25, -0.2) is 9.59 Å². The molecule has 0 atom stereocenters. The lowest BCUT2D eigenvalue weighted by molar-refractivity contribution is -0.192. The number of rotatable bonds is 8. The zero-order valence-electron chi connectivity index (χ0n) is 19.4. The number of alkyl halides is 3. The molecule has 2 rings (SSSR count). The first-order valence-electron chi connectivity index (χ1n) is 10.5. The number of aromatic carboxylic acids is 1. The highest BCUT2D eigenvalue weighted by atomic mass is 19.4. The molecule has 0 aliphatic carbocycles. The normalized spacial score (nSPS) is 11.0. The van der Waals surface area contributed by atoms with Gasteiger partial charge < -0.3 is 20.4 Å². The molecule has 0 bridgehead atoms. The van der Waals surface area contributed by atoms with Crippen LogP contribution in [-0.2, 0) is 4.79 Å². The van der Waals surface area contributed by atoms with Gasteiger partial charge in [0.2, 0.25) is 0 Å². The molecule has 10 heteroatoms. The topological polar surface area (TPSA) is 107 Å². The summed E-state index contributed by atoms with van der Waals surface area (Å²) in [5.74, 6) is -3.17. The Hall–Kier alpha value is -3.56. The van der Waals surface area contributed by atoms with Crippen molar-refractivity contribution in [3.05, 3.63) is 59.7 Å². The van der Waals surface area contributed by atoms with Crippen molar-refractivity contribution in [3.8, 4) is 0 Å². The van der Waals surface area contributed by atoms with Crippen LogP contribution in [0, 0.1) is 11.8 Å². The van der Waals surface area contributed by atoms with Crippen molar-refractivity contribution < 1.29 is 37.8 Å². The van der Waals surface area contributed by atoms with Crippen LogP contribution in [0.15, 0.2) is 48.5 Å². The number of carbonyl (C=O) groups excluding carboxylic acids is 1. The number of carboxylic acids is 2. The molecule has 2 aromatic rings. The van der Waals surface area contributed by atoms with Crippen LogP contribution in [0.2, 0.25) is 0 Å². The van der Waals surface area contributed by atoms with Crippen LogP contribution in [0.3, 0.4) is 0 Å². The Balaban J connectivity index is 0.000000718. The number of carbonyl (C=O) groups is 3. The van der Waals surface area contributed by atoms with Crippen molar-refractivity contribution in [2.24, 2.45) is 11.8 Å². The molecule has 0 heterocycles. The molecule has 3 N–H and O–H groups in total.